The highest BCUT2D eigenvalue weighted by atomic mass is 16.6. The van der Waals surface area contributed by atoms with E-state index in [1.165, 1.54) is 6.42 Å². The summed E-state index contributed by atoms with van der Waals surface area (Å²) in [5.74, 6) is 1.93. The molecule has 40 heavy (non-hydrogen) atoms. The number of hydrogen-bond donors (Lipinski definition) is 2. The molecule has 7 nitrogen and oxygen atoms in total. The summed E-state index contributed by atoms with van der Waals surface area (Å²) in [7, 11) is 0. The Balaban J connectivity index is 2.45. The van der Waals surface area contributed by atoms with Gasteiger partial charge in [-0.25, -0.2) is 4.79 Å². The molecule has 0 aromatic heterocycles. The molecule has 3 amide bonds. The Hall–Kier alpha value is -3.01. The first-order chi connectivity index (χ1) is 19.0. The molecule has 0 radical (unpaired) electrons. The van der Waals surface area contributed by atoms with E-state index >= 15 is 0 Å². The molecule has 0 aliphatic heterocycles. The van der Waals surface area contributed by atoms with Crippen molar-refractivity contribution >= 4 is 17.9 Å². The van der Waals surface area contributed by atoms with E-state index in [0.717, 1.165) is 57.8 Å². The molecule has 7 heteroatoms. The van der Waals surface area contributed by atoms with Crippen LogP contribution < -0.4 is 10.6 Å². The number of alkyl carbamates (subject to hydrolysis) is 1. The summed E-state index contributed by atoms with van der Waals surface area (Å²) in [6.45, 7) is 11.7. The topological polar surface area (TPSA) is 87.7 Å². The Morgan fingerprint density at radius 3 is 2.20 bits per heavy atom. The number of benzene rings is 1. The Kier molecular flexibility index (Phi) is 13.5. The van der Waals surface area contributed by atoms with Gasteiger partial charge in [-0.3, -0.25) is 9.59 Å². The van der Waals surface area contributed by atoms with Gasteiger partial charge in [0.15, 0.2) is 0 Å². The summed E-state index contributed by atoms with van der Waals surface area (Å²) in [6, 6.07) is 5.69. The number of nitrogens with zero attached hydrogens (tertiary/aromatic N) is 1. The van der Waals surface area contributed by atoms with Crippen molar-refractivity contribution in [3.05, 3.63) is 35.4 Å². The van der Waals surface area contributed by atoms with Crippen molar-refractivity contribution in [3.8, 4) is 12.3 Å². The molecule has 0 spiro atoms. The number of carbonyl (C=O) groups excluding carboxylic acids is 3. The zero-order valence-corrected chi connectivity index (χ0v) is 25.6. The highest BCUT2D eigenvalue weighted by Crippen LogP contribution is 2.27. The van der Waals surface area contributed by atoms with Gasteiger partial charge in [0.05, 0.1) is 0 Å². The Labute approximate surface area is 242 Å². The van der Waals surface area contributed by atoms with E-state index in [0.29, 0.717) is 17.7 Å². The number of terminal acetylenes is 1. The van der Waals surface area contributed by atoms with Crippen LogP contribution in [-0.2, 0) is 14.3 Å². The molecule has 1 aromatic rings. The Morgan fingerprint density at radius 2 is 1.65 bits per heavy atom. The maximum Gasteiger partial charge on any atom is 0.408 e. The fourth-order valence-corrected chi connectivity index (χ4v) is 5.14. The molecule has 2 rings (SSSR count). The van der Waals surface area contributed by atoms with Crippen LogP contribution in [0.4, 0.5) is 4.79 Å². The van der Waals surface area contributed by atoms with Gasteiger partial charge in [-0.1, -0.05) is 83.8 Å². The second-order valence-electron chi connectivity index (χ2n) is 12.3. The molecule has 2 unspecified atom stereocenters. The van der Waals surface area contributed by atoms with Crippen LogP contribution in [0.25, 0.3) is 0 Å². The summed E-state index contributed by atoms with van der Waals surface area (Å²) >= 11 is 0. The molecule has 1 aliphatic carbocycles. The van der Waals surface area contributed by atoms with Gasteiger partial charge in [-0.05, 0) is 63.6 Å². The van der Waals surface area contributed by atoms with Crippen LogP contribution in [0.15, 0.2) is 24.3 Å². The lowest BCUT2D eigenvalue weighted by Crippen LogP contribution is -2.55. The van der Waals surface area contributed by atoms with Crippen LogP contribution in [0.3, 0.4) is 0 Å². The van der Waals surface area contributed by atoms with Crippen LogP contribution in [0.1, 0.15) is 123 Å². The average molecular weight is 554 g/mol. The lowest BCUT2D eigenvalue weighted by molar-refractivity contribution is -0.143. The number of hydrogen-bond acceptors (Lipinski definition) is 4. The molecular weight excluding hydrogens is 502 g/mol. The zero-order chi connectivity index (χ0) is 29.7. The maximum absolute atomic E-state index is 14.3. The molecule has 2 atom stereocenters. The second-order valence-corrected chi connectivity index (χ2v) is 12.3. The average Bonchev–Trinajstić information content (AvgIpc) is 2.90. The Bertz CT molecular complexity index is 984. The van der Waals surface area contributed by atoms with Gasteiger partial charge in [0.25, 0.3) is 0 Å². The minimum atomic E-state index is -0.847. The van der Waals surface area contributed by atoms with E-state index in [1.54, 1.807) is 37.8 Å². The van der Waals surface area contributed by atoms with Crippen LogP contribution in [0, 0.1) is 18.3 Å². The molecule has 1 aromatic carbocycles. The van der Waals surface area contributed by atoms with E-state index < -0.39 is 23.8 Å². The molecule has 1 fully saturated rings. The molecule has 0 heterocycles. The van der Waals surface area contributed by atoms with E-state index in [1.807, 2.05) is 26.0 Å². The number of unbranched alkanes of at least 4 members (excludes halogenated alkanes) is 4. The van der Waals surface area contributed by atoms with Gasteiger partial charge in [0.2, 0.25) is 11.8 Å². The van der Waals surface area contributed by atoms with Crippen molar-refractivity contribution in [2.75, 3.05) is 6.54 Å². The number of amides is 3. The number of rotatable bonds is 13. The zero-order valence-electron chi connectivity index (χ0n) is 25.6. The normalized spacial score (nSPS) is 15.6. The highest BCUT2D eigenvalue weighted by molar-refractivity contribution is 5.92. The van der Waals surface area contributed by atoms with Crippen molar-refractivity contribution in [1.82, 2.24) is 15.5 Å². The van der Waals surface area contributed by atoms with Gasteiger partial charge in [-0.2, -0.15) is 0 Å². The van der Waals surface area contributed by atoms with Gasteiger partial charge in [0, 0.05) is 18.2 Å². The Morgan fingerprint density at radius 1 is 1.02 bits per heavy atom. The maximum atomic E-state index is 14.3. The van der Waals surface area contributed by atoms with E-state index in [-0.39, 0.29) is 23.8 Å². The smallest absolute Gasteiger partial charge is 0.408 e. The second kappa shape index (κ2) is 16.3. The third-order valence-corrected chi connectivity index (χ3v) is 7.30. The van der Waals surface area contributed by atoms with Crippen molar-refractivity contribution in [3.63, 3.8) is 0 Å². The minimum absolute atomic E-state index is 0.0935. The molecule has 2 N–H and O–H groups in total. The van der Waals surface area contributed by atoms with Gasteiger partial charge < -0.3 is 20.3 Å². The third-order valence-electron chi connectivity index (χ3n) is 7.30. The fraction of sp³-hybridized carbons (Fsp3) is 0.667. The van der Waals surface area contributed by atoms with Crippen molar-refractivity contribution in [2.45, 2.75) is 129 Å². The summed E-state index contributed by atoms with van der Waals surface area (Å²) in [4.78, 5) is 42.7. The minimum Gasteiger partial charge on any atom is -0.444 e. The molecule has 1 saturated carbocycles. The van der Waals surface area contributed by atoms with E-state index in [2.05, 4.69) is 23.5 Å². The monoisotopic (exact) mass is 553 g/mol. The van der Waals surface area contributed by atoms with E-state index in [9.17, 15) is 14.4 Å². The van der Waals surface area contributed by atoms with Crippen LogP contribution in [0.5, 0.6) is 0 Å². The first-order valence-corrected chi connectivity index (χ1v) is 15.1. The molecule has 0 bridgehead atoms. The largest absolute Gasteiger partial charge is 0.444 e. The highest BCUT2D eigenvalue weighted by Gasteiger charge is 2.38. The van der Waals surface area contributed by atoms with Crippen LogP contribution in [0.2, 0.25) is 0 Å². The summed E-state index contributed by atoms with van der Waals surface area (Å²) < 4.78 is 5.47. The number of carbonyl (C=O) groups is 3. The molecule has 1 aliphatic rings. The molecule has 222 valence electrons. The standard InChI is InChI=1S/C33H51N3O4/c1-8-10-11-12-16-23-36(31(38)28(24(3)4)35-32(39)40-33(5,6)7)29(26-21-19-25(9-2)20-22-26)30(37)34-27-17-14-13-15-18-27/h2,19-22,24,27-29H,8,10-18,23H2,1,3-7H3,(H,34,37)(H,35,39). The SMILES string of the molecule is C#Cc1ccc(C(C(=O)NC2CCCCC2)N(CCCCCCC)C(=O)C(NC(=O)OC(C)(C)C)C(C)C)cc1. The van der Waals surface area contributed by atoms with Gasteiger partial charge in [0.1, 0.15) is 17.7 Å². The molecule has 0 saturated heterocycles. The summed E-state index contributed by atoms with van der Waals surface area (Å²) in [5, 5.41) is 6.05. The number of ether oxygens (including phenoxy) is 1. The van der Waals surface area contributed by atoms with Crippen LogP contribution in [-0.4, -0.2) is 47.0 Å². The first-order valence-electron chi connectivity index (χ1n) is 15.1. The number of nitrogens with one attached hydrogen (secondary N) is 2. The van der Waals surface area contributed by atoms with Crippen molar-refractivity contribution < 1.29 is 19.1 Å². The fourth-order valence-electron chi connectivity index (χ4n) is 5.14. The van der Waals surface area contributed by atoms with Crippen molar-refractivity contribution in [2.24, 2.45) is 5.92 Å². The van der Waals surface area contributed by atoms with E-state index in [4.69, 9.17) is 11.2 Å². The third kappa shape index (κ3) is 10.9. The van der Waals surface area contributed by atoms with Gasteiger partial charge in [-0.15, -0.1) is 6.42 Å². The quantitative estimate of drug-likeness (QED) is 0.215. The summed E-state index contributed by atoms with van der Waals surface area (Å²) in [5.41, 5.74) is 0.711. The first kappa shape index (κ1) is 33.2. The predicted octanol–water partition coefficient (Wildman–Crippen LogP) is 6.51. The molecular formula is C33H51N3O4. The lowest BCUT2D eigenvalue weighted by Gasteiger charge is -2.36. The predicted molar refractivity (Wildman–Crippen MR) is 161 cm³/mol. The van der Waals surface area contributed by atoms with Crippen molar-refractivity contribution in [1.29, 1.82) is 0 Å². The van der Waals surface area contributed by atoms with Crippen LogP contribution >= 0.6 is 0 Å². The summed E-state index contributed by atoms with van der Waals surface area (Å²) in [6.07, 6.45) is 15.2. The lowest BCUT2D eigenvalue weighted by atomic mass is 9.94. The van der Waals surface area contributed by atoms with Gasteiger partial charge >= 0.3 is 6.09 Å².